The zero-order valence-electron chi connectivity index (χ0n) is 16.0. The minimum atomic E-state index is -0.323. The third-order valence-electron chi connectivity index (χ3n) is 4.54. The average Bonchev–Trinajstić information content (AvgIpc) is 3.15. The van der Waals surface area contributed by atoms with E-state index in [1.165, 1.54) is 21.9 Å². The number of hydrazone groups is 1. The van der Waals surface area contributed by atoms with Crippen molar-refractivity contribution in [3.8, 4) is 0 Å². The van der Waals surface area contributed by atoms with Crippen LogP contribution in [-0.2, 0) is 16.0 Å². The second-order valence-corrected chi connectivity index (χ2v) is 7.95. The van der Waals surface area contributed by atoms with E-state index in [1.807, 2.05) is 49.4 Å². The second kappa shape index (κ2) is 8.36. The van der Waals surface area contributed by atoms with Gasteiger partial charge in [0, 0.05) is 30.3 Å². The summed E-state index contributed by atoms with van der Waals surface area (Å²) in [5.41, 5.74) is 3.21. The molecular formula is C22H20N4O2S. The van der Waals surface area contributed by atoms with E-state index in [0.717, 1.165) is 16.9 Å². The van der Waals surface area contributed by atoms with E-state index in [9.17, 15) is 9.59 Å². The normalized spacial score (nSPS) is 13.9. The van der Waals surface area contributed by atoms with Crippen LogP contribution in [0.25, 0.3) is 0 Å². The van der Waals surface area contributed by atoms with Gasteiger partial charge in [0.1, 0.15) is 5.71 Å². The van der Waals surface area contributed by atoms with Crippen LogP contribution in [0.1, 0.15) is 28.8 Å². The summed E-state index contributed by atoms with van der Waals surface area (Å²) in [7, 11) is 0. The van der Waals surface area contributed by atoms with Crippen LogP contribution in [0.4, 0.5) is 10.8 Å². The lowest BCUT2D eigenvalue weighted by molar-refractivity contribution is -0.118. The van der Waals surface area contributed by atoms with Crippen LogP contribution < -0.4 is 10.3 Å². The van der Waals surface area contributed by atoms with Gasteiger partial charge in [0.2, 0.25) is 5.91 Å². The van der Waals surface area contributed by atoms with Crippen molar-refractivity contribution in [2.24, 2.45) is 5.10 Å². The van der Waals surface area contributed by atoms with Gasteiger partial charge >= 0.3 is 0 Å². The third-order valence-corrected chi connectivity index (χ3v) is 5.45. The van der Waals surface area contributed by atoms with Crippen LogP contribution in [-0.4, -0.2) is 22.5 Å². The summed E-state index contributed by atoms with van der Waals surface area (Å²) >= 11 is 1.44. The largest absolute Gasteiger partial charge is 0.297 e. The van der Waals surface area contributed by atoms with Crippen LogP contribution in [0.3, 0.4) is 0 Å². The molecule has 146 valence electrons. The van der Waals surface area contributed by atoms with Gasteiger partial charge in [-0.2, -0.15) is 5.10 Å². The number of carbonyl (C=O) groups is 2. The molecular weight excluding hydrogens is 384 g/mol. The summed E-state index contributed by atoms with van der Waals surface area (Å²) in [6.07, 6.45) is 3.11. The molecule has 0 unspecified atom stereocenters. The molecule has 1 aliphatic rings. The number of amides is 2. The van der Waals surface area contributed by atoms with E-state index >= 15 is 0 Å². The number of anilines is 2. The third kappa shape index (κ3) is 4.57. The number of aromatic nitrogens is 1. The highest BCUT2D eigenvalue weighted by Crippen LogP contribution is 2.23. The number of hydrogen-bond donors (Lipinski definition) is 1. The van der Waals surface area contributed by atoms with E-state index in [2.05, 4.69) is 27.5 Å². The van der Waals surface area contributed by atoms with Gasteiger partial charge in [-0.3, -0.25) is 14.9 Å². The molecule has 4 rings (SSSR count). The Hall–Kier alpha value is -3.32. The lowest BCUT2D eigenvalue weighted by Crippen LogP contribution is -2.36. The van der Waals surface area contributed by atoms with Crippen molar-refractivity contribution >= 4 is 39.7 Å². The molecule has 29 heavy (non-hydrogen) atoms. The number of rotatable bonds is 5. The Kier molecular flexibility index (Phi) is 5.48. The summed E-state index contributed by atoms with van der Waals surface area (Å²) in [6.45, 7) is 1.95. The zero-order valence-corrected chi connectivity index (χ0v) is 16.8. The van der Waals surface area contributed by atoms with Crippen molar-refractivity contribution in [3.63, 3.8) is 0 Å². The molecule has 6 nitrogen and oxygen atoms in total. The molecule has 0 aliphatic carbocycles. The molecule has 1 N–H and O–H groups in total. The van der Waals surface area contributed by atoms with Crippen molar-refractivity contribution in [3.05, 3.63) is 76.8 Å². The molecule has 2 aromatic carbocycles. The maximum absolute atomic E-state index is 12.7. The molecule has 2 amide bonds. The molecule has 0 radical (unpaired) electrons. The molecule has 0 saturated carbocycles. The Labute approximate surface area is 172 Å². The van der Waals surface area contributed by atoms with Gasteiger partial charge in [-0.15, -0.1) is 11.3 Å². The van der Waals surface area contributed by atoms with Gasteiger partial charge in [0.05, 0.1) is 5.69 Å². The molecule has 1 aliphatic heterocycles. The smallest absolute Gasteiger partial charge is 0.273 e. The van der Waals surface area contributed by atoms with Crippen LogP contribution in [0.2, 0.25) is 0 Å². The number of thiazole rings is 1. The zero-order chi connectivity index (χ0) is 20.2. The molecule has 0 bridgehead atoms. The second-order valence-electron chi connectivity index (χ2n) is 6.84. The molecule has 0 spiro atoms. The lowest BCUT2D eigenvalue weighted by atomic mass is 10.1. The van der Waals surface area contributed by atoms with Gasteiger partial charge in [-0.25, -0.2) is 9.99 Å². The van der Waals surface area contributed by atoms with Crippen molar-refractivity contribution in [2.45, 2.75) is 26.2 Å². The van der Waals surface area contributed by atoms with Crippen molar-refractivity contribution in [1.29, 1.82) is 0 Å². The maximum Gasteiger partial charge on any atom is 0.273 e. The Morgan fingerprint density at radius 3 is 2.76 bits per heavy atom. The van der Waals surface area contributed by atoms with Crippen molar-refractivity contribution in [2.75, 3.05) is 10.3 Å². The number of nitrogens with zero attached hydrogens (tertiary/aromatic N) is 3. The fourth-order valence-corrected chi connectivity index (χ4v) is 3.93. The monoisotopic (exact) mass is 404 g/mol. The quantitative estimate of drug-likeness (QED) is 0.694. The molecule has 7 heteroatoms. The predicted octanol–water partition coefficient (Wildman–Crippen LogP) is 4.16. The van der Waals surface area contributed by atoms with Gasteiger partial charge in [0.25, 0.3) is 5.91 Å². The molecule has 0 saturated heterocycles. The number of benzene rings is 2. The van der Waals surface area contributed by atoms with Gasteiger partial charge in [-0.1, -0.05) is 42.5 Å². The van der Waals surface area contributed by atoms with Crippen LogP contribution in [0.5, 0.6) is 0 Å². The Balaban J connectivity index is 1.47. The first-order valence-corrected chi connectivity index (χ1v) is 10.2. The van der Waals surface area contributed by atoms with E-state index < -0.39 is 0 Å². The number of carbonyl (C=O) groups excluding carboxylic acids is 2. The summed E-state index contributed by atoms with van der Waals surface area (Å²) in [5.74, 6) is -0.442. The first-order chi connectivity index (χ1) is 14.1. The standard InChI is InChI=1S/C22H20N4O2S/c1-15-6-5-9-17(12-15)26-20(27)11-10-19(25-26)21(28)24-22-23-14-18(29-22)13-16-7-3-2-4-8-16/h2-9,12,14H,10-11,13H2,1H3,(H,23,24,28). The average molecular weight is 404 g/mol. The highest BCUT2D eigenvalue weighted by molar-refractivity contribution is 7.15. The van der Waals surface area contributed by atoms with Crippen molar-refractivity contribution < 1.29 is 9.59 Å². The summed E-state index contributed by atoms with van der Waals surface area (Å²) in [4.78, 5) is 30.3. The first-order valence-electron chi connectivity index (χ1n) is 9.35. The Morgan fingerprint density at radius 1 is 1.14 bits per heavy atom. The van der Waals surface area contributed by atoms with Gasteiger partial charge in [0.15, 0.2) is 5.13 Å². The van der Waals surface area contributed by atoms with E-state index in [0.29, 0.717) is 23.0 Å². The number of hydrogen-bond acceptors (Lipinski definition) is 5. The highest BCUT2D eigenvalue weighted by atomic mass is 32.1. The Morgan fingerprint density at radius 2 is 1.97 bits per heavy atom. The minimum absolute atomic E-state index is 0.119. The van der Waals surface area contributed by atoms with E-state index in [-0.39, 0.29) is 18.2 Å². The minimum Gasteiger partial charge on any atom is -0.297 e. The van der Waals surface area contributed by atoms with Gasteiger partial charge in [-0.05, 0) is 30.2 Å². The van der Waals surface area contributed by atoms with Crippen LogP contribution in [0, 0.1) is 6.92 Å². The summed E-state index contributed by atoms with van der Waals surface area (Å²) in [6, 6.07) is 17.6. The van der Waals surface area contributed by atoms with E-state index in [1.54, 1.807) is 6.20 Å². The van der Waals surface area contributed by atoms with Crippen LogP contribution in [0.15, 0.2) is 65.9 Å². The first kappa shape index (κ1) is 19.0. The SMILES string of the molecule is Cc1cccc(N2N=C(C(=O)Nc3ncc(Cc4ccccc4)s3)CCC2=O)c1. The predicted molar refractivity (Wildman–Crippen MR) is 115 cm³/mol. The maximum atomic E-state index is 12.7. The summed E-state index contributed by atoms with van der Waals surface area (Å²) < 4.78 is 0. The topological polar surface area (TPSA) is 74.7 Å². The highest BCUT2D eigenvalue weighted by Gasteiger charge is 2.26. The summed E-state index contributed by atoms with van der Waals surface area (Å²) in [5, 5.41) is 8.97. The molecule has 0 fully saturated rings. The molecule has 1 aromatic heterocycles. The Bertz CT molecular complexity index is 1080. The fourth-order valence-electron chi connectivity index (χ4n) is 3.09. The van der Waals surface area contributed by atoms with Crippen molar-refractivity contribution in [1.82, 2.24) is 4.98 Å². The molecule has 3 aromatic rings. The molecule has 0 atom stereocenters. The van der Waals surface area contributed by atoms with Crippen LogP contribution >= 0.6 is 11.3 Å². The number of nitrogens with one attached hydrogen (secondary N) is 1. The van der Waals surface area contributed by atoms with Gasteiger partial charge < -0.3 is 0 Å². The molecule has 2 heterocycles. The lowest BCUT2D eigenvalue weighted by Gasteiger charge is -2.23. The number of aryl methyl sites for hydroxylation is 1. The van der Waals surface area contributed by atoms with E-state index in [4.69, 9.17) is 0 Å². The fraction of sp³-hybridized carbons (Fsp3) is 0.182.